The standard InChI is InChI=1S/C20H18ClN3O/c21-18-5-3-17(4-6-18)19(12-16-2-1-9-23-13-16)20(25)24-14-15-7-10-22-11-8-15/h1-11,13,19H,12,14H2,(H,24,25). The van der Waals surface area contributed by atoms with Crippen LogP contribution in [0.25, 0.3) is 0 Å². The lowest BCUT2D eigenvalue weighted by molar-refractivity contribution is -0.122. The quantitative estimate of drug-likeness (QED) is 0.735. The highest BCUT2D eigenvalue weighted by molar-refractivity contribution is 6.30. The Morgan fingerprint density at radius 2 is 1.72 bits per heavy atom. The number of rotatable bonds is 6. The van der Waals surface area contributed by atoms with Crippen molar-refractivity contribution < 1.29 is 4.79 Å². The maximum absolute atomic E-state index is 12.8. The molecular weight excluding hydrogens is 334 g/mol. The highest BCUT2D eigenvalue weighted by atomic mass is 35.5. The Kier molecular flexibility index (Phi) is 5.75. The Balaban J connectivity index is 1.77. The zero-order valence-electron chi connectivity index (χ0n) is 13.6. The van der Waals surface area contributed by atoms with Gasteiger partial charge in [0.2, 0.25) is 5.91 Å². The van der Waals surface area contributed by atoms with Crippen LogP contribution in [0, 0.1) is 0 Å². The predicted octanol–water partition coefficient (Wildman–Crippen LogP) is 3.77. The lowest BCUT2D eigenvalue weighted by Gasteiger charge is -2.17. The third-order valence-corrected chi connectivity index (χ3v) is 4.22. The molecule has 1 amide bonds. The molecule has 126 valence electrons. The molecule has 1 atom stereocenters. The van der Waals surface area contributed by atoms with Crippen LogP contribution in [-0.2, 0) is 17.8 Å². The number of nitrogens with one attached hydrogen (secondary N) is 1. The second kappa shape index (κ2) is 8.40. The Morgan fingerprint density at radius 1 is 0.960 bits per heavy atom. The number of nitrogens with zero attached hydrogens (tertiary/aromatic N) is 2. The van der Waals surface area contributed by atoms with E-state index in [1.807, 2.05) is 48.5 Å². The third kappa shape index (κ3) is 4.88. The number of hydrogen-bond donors (Lipinski definition) is 1. The fourth-order valence-corrected chi connectivity index (χ4v) is 2.75. The number of carbonyl (C=O) groups is 1. The van der Waals surface area contributed by atoms with Gasteiger partial charge in [-0.05, 0) is 53.4 Å². The fourth-order valence-electron chi connectivity index (χ4n) is 2.62. The van der Waals surface area contributed by atoms with Gasteiger partial charge in [0.25, 0.3) is 0 Å². The summed E-state index contributed by atoms with van der Waals surface area (Å²) < 4.78 is 0. The molecule has 0 radical (unpaired) electrons. The molecule has 0 spiro atoms. The number of aromatic nitrogens is 2. The van der Waals surface area contributed by atoms with Crippen LogP contribution in [-0.4, -0.2) is 15.9 Å². The first-order valence-electron chi connectivity index (χ1n) is 8.03. The highest BCUT2D eigenvalue weighted by Crippen LogP contribution is 2.23. The van der Waals surface area contributed by atoms with Crippen LogP contribution in [0.4, 0.5) is 0 Å². The molecule has 3 aromatic rings. The summed E-state index contributed by atoms with van der Waals surface area (Å²) in [5.74, 6) is -0.328. The lowest BCUT2D eigenvalue weighted by atomic mass is 9.91. The molecular formula is C20H18ClN3O. The van der Waals surface area contributed by atoms with Gasteiger partial charge >= 0.3 is 0 Å². The van der Waals surface area contributed by atoms with Gasteiger partial charge in [0.05, 0.1) is 5.92 Å². The van der Waals surface area contributed by atoms with Crippen molar-refractivity contribution in [2.45, 2.75) is 18.9 Å². The van der Waals surface area contributed by atoms with E-state index in [0.717, 1.165) is 16.7 Å². The molecule has 2 heterocycles. The predicted molar refractivity (Wildman–Crippen MR) is 98.2 cm³/mol. The number of pyridine rings is 2. The van der Waals surface area contributed by atoms with E-state index in [-0.39, 0.29) is 11.8 Å². The fraction of sp³-hybridized carbons (Fsp3) is 0.150. The molecule has 0 aliphatic rings. The first kappa shape index (κ1) is 17.1. The number of amides is 1. The molecule has 1 N–H and O–H groups in total. The van der Waals surface area contributed by atoms with E-state index in [0.29, 0.717) is 18.0 Å². The molecule has 4 nitrogen and oxygen atoms in total. The average molecular weight is 352 g/mol. The van der Waals surface area contributed by atoms with E-state index in [9.17, 15) is 4.79 Å². The molecule has 25 heavy (non-hydrogen) atoms. The van der Waals surface area contributed by atoms with Gasteiger partial charge in [-0.1, -0.05) is 29.8 Å². The molecule has 1 unspecified atom stereocenters. The maximum Gasteiger partial charge on any atom is 0.228 e. The van der Waals surface area contributed by atoms with Crippen LogP contribution >= 0.6 is 11.6 Å². The van der Waals surface area contributed by atoms with Gasteiger partial charge in [-0.15, -0.1) is 0 Å². The Labute approximate surface area is 151 Å². The average Bonchev–Trinajstić information content (AvgIpc) is 2.67. The molecule has 0 bridgehead atoms. The van der Waals surface area contributed by atoms with E-state index in [1.165, 1.54) is 0 Å². The first-order valence-corrected chi connectivity index (χ1v) is 8.41. The normalized spacial score (nSPS) is 11.7. The van der Waals surface area contributed by atoms with Crippen molar-refractivity contribution in [3.8, 4) is 0 Å². The Hall–Kier alpha value is -2.72. The summed E-state index contributed by atoms with van der Waals surface area (Å²) in [7, 11) is 0. The van der Waals surface area contributed by atoms with E-state index in [2.05, 4.69) is 15.3 Å². The molecule has 2 aromatic heterocycles. The van der Waals surface area contributed by atoms with Crippen molar-refractivity contribution in [3.05, 3.63) is 95.0 Å². The monoisotopic (exact) mass is 351 g/mol. The summed E-state index contributed by atoms with van der Waals surface area (Å²) in [6.45, 7) is 0.471. The van der Waals surface area contributed by atoms with Crippen LogP contribution in [0.1, 0.15) is 22.6 Å². The van der Waals surface area contributed by atoms with Crippen LogP contribution in [0.5, 0.6) is 0 Å². The van der Waals surface area contributed by atoms with Crippen molar-refractivity contribution in [1.29, 1.82) is 0 Å². The second-order valence-corrected chi connectivity index (χ2v) is 6.18. The van der Waals surface area contributed by atoms with Crippen molar-refractivity contribution in [2.24, 2.45) is 0 Å². The molecule has 0 saturated carbocycles. The van der Waals surface area contributed by atoms with Crippen molar-refractivity contribution in [1.82, 2.24) is 15.3 Å². The van der Waals surface area contributed by atoms with Gasteiger partial charge in [0, 0.05) is 36.4 Å². The highest BCUT2D eigenvalue weighted by Gasteiger charge is 2.21. The van der Waals surface area contributed by atoms with Crippen molar-refractivity contribution in [3.63, 3.8) is 0 Å². The van der Waals surface area contributed by atoms with Gasteiger partial charge in [-0.3, -0.25) is 14.8 Å². The van der Waals surface area contributed by atoms with Gasteiger partial charge < -0.3 is 5.32 Å². The van der Waals surface area contributed by atoms with Crippen LogP contribution in [0.15, 0.2) is 73.3 Å². The summed E-state index contributed by atoms with van der Waals surface area (Å²) in [5, 5.41) is 3.67. The van der Waals surface area contributed by atoms with Crippen LogP contribution < -0.4 is 5.32 Å². The molecule has 5 heteroatoms. The largest absolute Gasteiger partial charge is 0.351 e. The van der Waals surface area contributed by atoms with Crippen molar-refractivity contribution >= 4 is 17.5 Å². The minimum atomic E-state index is -0.302. The molecule has 0 fully saturated rings. The van der Waals surface area contributed by atoms with Gasteiger partial charge in [0.15, 0.2) is 0 Å². The van der Waals surface area contributed by atoms with E-state index < -0.39 is 0 Å². The zero-order valence-corrected chi connectivity index (χ0v) is 14.4. The lowest BCUT2D eigenvalue weighted by Crippen LogP contribution is -2.30. The number of halogens is 1. The molecule has 1 aromatic carbocycles. The van der Waals surface area contributed by atoms with Gasteiger partial charge in [0.1, 0.15) is 0 Å². The molecule has 0 aliphatic heterocycles. The maximum atomic E-state index is 12.8. The third-order valence-electron chi connectivity index (χ3n) is 3.97. The summed E-state index contributed by atoms with van der Waals surface area (Å²) in [6, 6.07) is 15.0. The summed E-state index contributed by atoms with van der Waals surface area (Å²) >= 11 is 5.98. The summed E-state index contributed by atoms with van der Waals surface area (Å²) in [4.78, 5) is 21.0. The molecule has 0 saturated heterocycles. The number of benzene rings is 1. The van der Waals surface area contributed by atoms with Gasteiger partial charge in [-0.25, -0.2) is 0 Å². The molecule has 0 aliphatic carbocycles. The summed E-state index contributed by atoms with van der Waals surface area (Å²) in [6.07, 6.45) is 7.53. The van der Waals surface area contributed by atoms with E-state index >= 15 is 0 Å². The van der Waals surface area contributed by atoms with E-state index in [4.69, 9.17) is 11.6 Å². The van der Waals surface area contributed by atoms with Gasteiger partial charge in [-0.2, -0.15) is 0 Å². The number of carbonyl (C=O) groups excluding carboxylic acids is 1. The minimum Gasteiger partial charge on any atom is -0.351 e. The topological polar surface area (TPSA) is 54.9 Å². The first-order chi connectivity index (χ1) is 12.2. The van der Waals surface area contributed by atoms with Crippen LogP contribution in [0.3, 0.4) is 0 Å². The minimum absolute atomic E-state index is 0.0250. The van der Waals surface area contributed by atoms with E-state index in [1.54, 1.807) is 24.8 Å². The summed E-state index contributed by atoms with van der Waals surface area (Å²) in [5.41, 5.74) is 2.96. The Bertz CT molecular complexity index is 807. The smallest absolute Gasteiger partial charge is 0.228 e. The number of hydrogen-bond acceptors (Lipinski definition) is 3. The van der Waals surface area contributed by atoms with Crippen LogP contribution in [0.2, 0.25) is 5.02 Å². The Morgan fingerprint density at radius 3 is 2.40 bits per heavy atom. The molecule has 3 rings (SSSR count). The zero-order chi connectivity index (χ0) is 17.5. The second-order valence-electron chi connectivity index (χ2n) is 5.74. The SMILES string of the molecule is O=C(NCc1ccncc1)C(Cc1cccnc1)c1ccc(Cl)cc1. The van der Waals surface area contributed by atoms with Crippen molar-refractivity contribution in [2.75, 3.05) is 0 Å².